The number of unbranched alkanes of at least 4 members (excludes halogenated alkanes) is 1. The van der Waals surface area contributed by atoms with Gasteiger partial charge >= 0.3 is 0 Å². The van der Waals surface area contributed by atoms with E-state index in [0.29, 0.717) is 12.8 Å². The fraction of sp³-hybridized carbons (Fsp3) is 0.429. The minimum atomic E-state index is -3.77. The average Bonchev–Trinajstić information content (AvgIpc) is 1.85. The number of allylic oxidation sites excluding steroid dienone is 3. The molecule has 0 aromatic heterocycles. The molecule has 4 heteroatoms. The Hall–Kier alpha value is -0.610. The van der Waals surface area contributed by atoms with E-state index in [-0.39, 0.29) is 5.75 Å². The van der Waals surface area contributed by atoms with Crippen LogP contribution in [0, 0.1) is 0 Å². The third-order valence-corrected chi connectivity index (χ3v) is 1.85. The van der Waals surface area contributed by atoms with Gasteiger partial charge in [-0.3, -0.25) is 4.55 Å². The normalized spacial score (nSPS) is 12.1. The first-order valence-electron chi connectivity index (χ1n) is 3.29. The van der Waals surface area contributed by atoms with E-state index in [1.165, 1.54) is 0 Å². The van der Waals surface area contributed by atoms with Gasteiger partial charge in [-0.15, -0.1) is 0 Å². The van der Waals surface area contributed by atoms with Crippen LogP contribution in [0.5, 0.6) is 0 Å². The monoisotopic (exact) mass is 176 g/mol. The maximum Gasteiger partial charge on any atom is 0.264 e. The molecule has 0 aliphatic carbocycles. The highest BCUT2D eigenvalue weighted by molar-refractivity contribution is 7.85. The summed E-state index contributed by atoms with van der Waals surface area (Å²) < 4.78 is 28.7. The Morgan fingerprint density at radius 3 is 2.55 bits per heavy atom. The third-order valence-electron chi connectivity index (χ3n) is 1.05. The SMILES string of the molecule is C=C/C=C\CCCS(=O)(=O)O. The molecular weight excluding hydrogens is 164 g/mol. The third kappa shape index (κ3) is 9.39. The lowest BCUT2D eigenvalue weighted by Gasteiger charge is -1.91. The molecule has 0 aromatic rings. The van der Waals surface area contributed by atoms with Crippen molar-refractivity contribution < 1.29 is 13.0 Å². The predicted octanol–water partition coefficient (Wildman–Crippen LogP) is 1.40. The van der Waals surface area contributed by atoms with Crippen LogP contribution < -0.4 is 0 Å². The summed E-state index contributed by atoms with van der Waals surface area (Å²) in [4.78, 5) is 0. The lowest BCUT2D eigenvalue weighted by Crippen LogP contribution is -2.02. The van der Waals surface area contributed by atoms with Crippen molar-refractivity contribution in [1.29, 1.82) is 0 Å². The van der Waals surface area contributed by atoms with Gasteiger partial charge < -0.3 is 0 Å². The number of hydrogen-bond acceptors (Lipinski definition) is 2. The summed E-state index contributed by atoms with van der Waals surface area (Å²) in [5.41, 5.74) is 0. The van der Waals surface area contributed by atoms with Crippen molar-refractivity contribution in [2.75, 3.05) is 5.75 Å². The molecule has 11 heavy (non-hydrogen) atoms. The summed E-state index contributed by atoms with van der Waals surface area (Å²) >= 11 is 0. The second-order valence-corrected chi connectivity index (χ2v) is 3.66. The molecule has 0 unspecified atom stereocenters. The molecule has 0 bridgehead atoms. The summed E-state index contributed by atoms with van der Waals surface area (Å²) in [5.74, 6) is -0.172. The van der Waals surface area contributed by atoms with Crippen LogP contribution in [0.2, 0.25) is 0 Å². The van der Waals surface area contributed by atoms with Gasteiger partial charge in [0.05, 0.1) is 5.75 Å². The van der Waals surface area contributed by atoms with Crippen molar-refractivity contribution in [3.05, 3.63) is 24.8 Å². The maximum atomic E-state index is 10.2. The van der Waals surface area contributed by atoms with Gasteiger partial charge in [-0.25, -0.2) is 0 Å². The van der Waals surface area contributed by atoms with E-state index in [9.17, 15) is 8.42 Å². The van der Waals surface area contributed by atoms with Gasteiger partial charge in [0, 0.05) is 0 Å². The second kappa shape index (κ2) is 5.09. The Morgan fingerprint density at radius 2 is 2.09 bits per heavy atom. The first-order valence-corrected chi connectivity index (χ1v) is 4.90. The van der Waals surface area contributed by atoms with Crippen LogP contribution in [-0.4, -0.2) is 18.7 Å². The molecule has 0 saturated carbocycles. The fourth-order valence-electron chi connectivity index (χ4n) is 0.576. The quantitative estimate of drug-likeness (QED) is 0.391. The van der Waals surface area contributed by atoms with E-state index >= 15 is 0 Å². The summed E-state index contributed by atoms with van der Waals surface area (Å²) in [6.07, 6.45) is 6.25. The largest absolute Gasteiger partial charge is 0.286 e. The molecule has 0 rings (SSSR count). The van der Waals surface area contributed by atoms with E-state index in [1.54, 1.807) is 18.2 Å². The molecule has 0 heterocycles. The van der Waals surface area contributed by atoms with E-state index < -0.39 is 10.1 Å². The Kier molecular flexibility index (Phi) is 4.81. The zero-order chi connectivity index (χ0) is 8.74. The van der Waals surface area contributed by atoms with Gasteiger partial charge in [-0.2, -0.15) is 8.42 Å². The van der Waals surface area contributed by atoms with Gasteiger partial charge in [-0.05, 0) is 12.8 Å². The van der Waals surface area contributed by atoms with E-state index in [2.05, 4.69) is 6.58 Å². The highest BCUT2D eigenvalue weighted by Crippen LogP contribution is 1.94. The van der Waals surface area contributed by atoms with E-state index in [4.69, 9.17) is 4.55 Å². The molecule has 64 valence electrons. The highest BCUT2D eigenvalue weighted by Gasteiger charge is 2.00. The Labute approximate surface area is 67.2 Å². The summed E-state index contributed by atoms with van der Waals surface area (Å²) in [6.45, 7) is 3.45. The molecule has 3 nitrogen and oxygen atoms in total. The fourth-order valence-corrected chi connectivity index (χ4v) is 1.11. The molecule has 0 aliphatic rings. The molecule has 0 aromatic carbocycles. The van der Waals surface area contributed by atoms with Crippen molar-refractivity contribution in [3.63, 3.8) is 0 Å². The molecule has 0 aliphatic heterocycles. The lowest BCUT2D eigenvalue weighted by molar-refractivity contribution is 0.481. The Morgan fingerprint density at radius 1 is 1.45 bits per heavy atom. The van der Waals surface area contributed by atoms with Gasteiger partial charge in [-0.1, -0.05) is 24.8 Å². The van der Waals surface area contributed by atoms with Crippen LogP contribution in [-0.2, 0) is 10.1 Å². The Bertz CT molecular complexity index is 226. The van der Waals surface area contributed by atoms with Gasteiger partial charge in [0.2, 0.25) is 0 Å². The van der Waals surface area contributed by atoms with Crippen molar-refractivity contribution in [1.82, 2.24) is 0 Å². The minimum absolute atomic E-state index is 0.172. The van der Waals surface area contributed by atoms with Gasteiger partial charge in [0.15, 0.2) is 0 Å². The first-order chi connectivity index (χ1) is 5.06. The molecule has 0 fully saturated rings. The molecular formula is C7H12O3S. The van der Waals surface area contributed by atoms with E-state index in [0.717, 1.165) is 0 Å². The number of rotatable bonds is 5. The Balaban J connectivity index is 3.44. The van der Waals surface area contributed by atoms with Crippen LogP contribution in [0.1, 0.15) is 12.8 Å². The van der Waals surface area contributed by atoms with Crippen LogP contribution in [0.3, 0.4) is 0 Å². The summed E-state index contributed by atoms with van der Waals surface area (Å²) in [7, 11) is -3.77. The van der Waals surface area contributed by atoms with Crippen LogP contribution in [0.25, 0.3) is 0 Å². The maximum absolute atomic E-state index is 10.2. The van der Waals surface area contributed by atoms with Crippen molar-refractivity contribution in [3.8, 4) is 0 Å². The predicted molar refractivity (Wildman–Crippen MR) is 45.0 cm³/mol. The van der Waals surface area contributed by atoms with Crippen LogP contribution >= 0.6 is 0 Å². The van der Waals surface area contributed by atoms with Crippen LogP contribution in [0.4, 0.5) is 0 Å². The highest BCUT2D eigenvalue weighted by atomic mass is 32.2. The number of hydrogen-bond donors (Lipinski definition) is 1. The topological polar surface area (TPSA) is 54.4 Å². The zero-order valence-corrected chi connectivity index (χ0v) is 7.05. The zero-order valence-electron chi connectivity index (χ0n) is 6.23. The second-order valence-electron chi connectivity index (χ2n) is 2.09. The van der Waals surface area contributed by atoms with Crippen molar-refractivity contribution in [2.45, 2.75) is 12.8 Å². The van der Waals surface area contributed by atoms with Crippen molar-refractivity contribution >= 4 is 10.1 Å². The summed E-state index contributed by atoms with van der Waals surface area (Å²) in [6, 6.07) is 0. The van der Waals surface area contributed by atoms with Crippen LogP contribution in [0.15, 0.2) is 24.8 Å². The van der Waals surface area contributed by atoms with E-state index in [1.807, 2.05) is 0 Å². The lowest BCUT2D eigenvalue weighted by atomic mass is 10.3. The minimum Gasteiger partial charge on any atom is -0.286 e. The van der Waals surface area contributed by atoms with Gasteiger partial charge in [0.1, 0.15) is 0 Å². The average molecular weight is 176 g/mol. The molecule has 0 amide bonds. The first kappa shape index (κ1) is 10.4. The molecule has 0 saturated heterocycles. The smallest absolute Gasteiger partial charge is 0.264 e. The molecule has 0 spiro atoms. The molecule has 1 N–H and O–H groups in total. The molecule has 0 radical (unpaired) electrons. The molecule has 0 atom stereocenters. The summed E-state index contributed by atoms with van der Waals surface area (Å²) in [5, 5.41) is 0. The van der Waals surface area contributed by atoms with Crippen molar-refractivity contribution in [2.24, 2.45) is 0 Å². The van der Waals surface area contributed by atoms with Gasteiger partial charge in [0.25, 0.3) is 10.1 Å². The standard InChI is InChI=1S/C7H12O3S/c1-2-3-4-5-6-7-11(8,9)10/h2-4H,1,5-7H2,(H,8,9,10)/b4-3-.